The molecule has 0 fully saturated rings. The van der Waals surface area contributed by atoms with Crippen molar-refractivity contribution >= 4 is 36.2 Å². The van der Waals surface area contributed by atoms with E-state index in [0.717, 1.165) is 23.9 Å². The Morgan fingerprint density at radius 3 is 2.35 bits per heavy atom. The van der Waals surface area contributed by atoms with Gasteiger partial charge in [-0.25, -0.2) is 0 Å². The number of aromatic amines is 1. The van der Waals surface area contributed by atoms with Gasteiger partial charge in [0.15, 0.2) is 5.41 Å². The minimum absolute atomic E-state index is 0.305. The van der Waals surface area contributed by atoms with E-state index in [9.17, 15) is 9.59 Å². The van der Waals surface area contributed by atoms with Crippen molar-refractivity contribution in [2.75, 3.05) is 14.2 Å². The van der Waals surface area contributed by atoms with Gasteiger partial charge < -0.3 is 14.5 Å². The smallest absolute Gasteiger partial charge is 0.323 e. The molecular weight excluding hydrogens is 346 g/mol. The molecule has 1 aliphatic carbocycles. The minimum Gasteiger partial charge on any atom is -0.468 e. The molecule has 0 bridgehead atoms. The SMILES string of the molecule is COC(=O)C1(C(=O)OC)CCCc2c([Si](C)(C)C)[nH]c3cccc(c23)C1. The monoisotopic (exact) mass is 373 g/mol. The van der Waals surface area contributed by atoms with Crippen molar-refractivity contribution in [2.45, 2.75) is 45.3 Å². The third-order valence-electron chi connectivity index (χ3n) is 5.44. The van der Waals surface area contributed by atoms with Gasteiger partial charge in [-0.1, -0.05) is 31.8 Å². The first-order valence-electron chi connectivity index (χ1n) is 9.04. The number of ether oxygens (including phenoxy) is 2. The molecule has 1 aromatic heterocycles. The number of aromatic nitrogens is 1. The number of nitrogens with one attached hydrogen (secondary N) is 1. The van der Waals surface area contributed by atoms with Crippen LogP contribution in [0.4, 0.5) is 0 Å². The lowest BCUT2D eigenvalue weighted by Gasteiger charge is -2.30. The molecule has 5 nitrogen and oxygen atoms in total. The first-order chi connectivity index (χ1) is 12.2. The normalized spacial score (nSPS) is 16.7. The third kappa shape index (κ3) is 2.86. The van der Waals surface area contributed by atoms with Crippen LogP contribution in [0.25, 0.3) is 10.9 Å². The number of aryl methyl sites for hydroxylation is 1. The quantitative estimate of drug-likeness (QED) is 0.510. The highest BCUT2D eigenvalue weighted by molar-refractivity contribution is 6.88. The number of hydrogen-bond acceptors (Lipinski definition) is 4. The van der Waals surface area contributed by atoms with Gasteiger partial charge in [-0.05, 0) is 42.9 Å². The Morgan fingerprint density at radius 1 is 1.12 bits per heavy atom. The van der Waals surface area contributed by atoms with E-state index >= 15 is 0 Å². The summed E-state index contributed by atoms with van der Waals surface area (Å²) in [7, 11) is 1.12. The summed E-state index contributed by atoms with van der Waals surface area (Å²) in [5.41, 5.74) is 2.18. The second-order valence-corrected chi connectivity index (χ2v) is 13.2. The molecule has 0 spiro atoms. The van der Waals surface area contributed by atoms with Crippen LogP contribution in [0.3, 0.4) is 0 Å². The zero-order valence-electron chi connectivity index (χ0n) is 16.2. The summed E-state index contributed by atoms with van der Waals surface area (Å²) in [4.78, 5) is 28.9. The van der Waals surface area contributed by atoms with Crippen LogP contribution in [-0.2, 0) is 31.9 Å². The fourth-order valence-corrected chi connectivity index (χ4v) is 5.90. The molecule has 0 atom stereocenters. The van der Waals surface area contributed by atoms with Crippen molar-refractivity contribution in [1.82, 2.24) is 4.98 Å². The summed E-state index contributed by atoms with van der Waals surface area (Å²) in [6, 6.07) is 6.07. The fraction of sp³-hybridized carbons (Fsp3) is 0.500. The molecule has 6 heteroatoms. The lowest BCUT2D eigenvalue weighted by molar-refractivity contribution is -0.169. The van der Waals surface area contributed by atoms with E-state index in [2.05, 4.69) is 30.7 Å². The van der Waals surface area contributed by atoms with Gasteiger partial charge in [0, 0.05) is 16.2 Å². The third-order valence-corrected chi connectivity index (χ3v) is 7.37. The van der Waals surface area contributed by atoms with Gasteiger partial charge in [-0.3, -0.25) is 9.59 Å². The number of hydrogen-bond donors (Lipinski definition) is 1. The number of H-pyrrole nitrogens is 1. The van der Waals surface area contributed by atoms with Crippen molar-refractivity contribution in [3.63, 3.8) is 0 Å². The maximum atomic E-state index is 12.6. The summed E-state index contributed by atoms with van der Waals surface area (Å²) in [6.07, 6.45) is 2.31. The Kier molecular flexibility index (Phi) is 4.73. The molecule has 0 saturated heterocycles. The van der Waals surface area contributed by atoms with E-state index in [0.29, 0.717) is 12.8 Å². The molecule has 0 amide bonds. The van der Waals surface area contributed by atoms with E-state index in [1.807, 2.05) is 12.1 Å². The maximum Gasteiger partial charge on any atom is 0.323 e. The zero-order valence-corrected chi connectivity index (χ0v) is 17.2. The predicted molar refractivity (Wildman–Crippen MR) is 104 cm³/mol. The number of rotatable bonds is 3. The van der Waals surface area contributed by atoms with Crippen LogP contribution in [0.2, 0.25) is 19.6 Å². The van der Waals surface area contributed by atoms with Gasteiger partial charge in [0.1, 0.15) is 0 Å². The van der Waals surface area contributed by atoms with Gasteiger partial charge in [0.2, 0.25) is 0 Å². The molecule has 1 aliphatic rings. The van der Waals surface area contributed by atoms with Crippen LogP contribution in [-0.4, -0.2) is 39.2 Å². The molecule has 1 aromatic carbocycles. The van der Waals surface area contributed by atoms with E-state index in [1.165, 1.54) is 30.5 Å². The molecule has 2 aromatic rings. The molecule has 140 valence electrons. The Balaban J connectivity index is 2.24. The number of carbonyl (C=O) groups excluding carboxylic acids is 2. The topological polar surface area (TPSA) is 68.4 Å². The second-order valence-electron chi connectivity index (χ2n) is 8.16. The van der Waals surface area contributed by atoms with Crippen LogP contribution in [0, 0.1) is 5.41 Å². The van der Waals surface area contributed by atoms with E-state index in [1.54, 1.807) is 0 Å². The van der Waals surface area contributed by atoms with Gasteiger partial charge in [-0.2, -0.15) is 0 Å². The number of benzene rings is 1. The van der Waals surface area contributed by atoms with Crippen molar-refractivity contribution in [2.24, 2.45) is 5.41 Å². The molecule has 0 saturated carbocycles. The van der Waals surface area contributed by atoms with Gasteiger partial charge >= 0.3 is 11.9 Å². The summed E-state index contributed by atoms with van der Waals surface area (Å²) < 4.78 is 10.0. The standard InChI is InChI=1S/C20H27NO4Si/c1-24-18(22)20(19(23)25-2)11-7-9-14-16-13(12-20)8-6-10-15(16)21-17(14)26(3,4)5/h6,8,10,21H,7,9,11-12H2,1-5H3. The summed E-state index contributed by atoms with van der Waals surface area (Å²) >= 11 is 0. The summed E-state index contributed by atoms with van der Waals surface area (Å²) in [6.45, 7) is 7.00. The van der Waals surface area contributed by atoms with Gasteiger partial charge in [-0.15, -0.1) is 0 Å². The average molecular weight is 374 g/mol. The molecule has 26 heavy (non-hydrogen) atoms. The Hall–Kier alpha value is -2.08. The largest absolute Gasteiger partial charge is 0.468 e. The molecule has 0 aliphatic heterocycles. The van der Waals surface area contributed by atoms with Crippen LogP contribution >= 0.6 is 0 Å². The Bertz CT molecular complexity index is 847. The second kappa shape index (κ2) is 6.58. The molecule has 0 unspecified atom stereocenters. The van der Waals surface area contributed by atoms with Crippen LogP contribution in [0.5, 0.6) is 0 Å². The molecule has 3 rings (SSSR count). The molecule has 1 heterocycles. The van der Waals surface area contributed by atoms with Crippen molar-refractivity contribution in [3.05, 3.63) is 29.3 Å². The van der Waals surface area contributed by atoms with Crippen molar-refractivity contribution in [1.29, 1.82) is 0 Å². The maximum absolute atomic E-state index is 12.6. The van der Waals surface area contributed by atoms with E-state index in [4.69, 9.17) is 9.47 Å². The average Bonchev–Trinajstić information content (AvgIpc) is 2.97. The van der Waals surface area contributed by atoms with E-state index in [-0.39, 0.29) is 0 Å². The van der Waals surface area contributed by atoms with Gasteiger partial charge in [0.25, 0.3) is 0 Å². The first-order valence-corrected chi connectivity index (χ1v) is 12.5. The van der Waals surface area contributed by atoms with Crippen LogP contribution < -0.4 is 5.32 Å². The minimum atomic E-state index is -1.54. The Labute approximate surface area is 155 Å². The van der Waals surface area contributed by atoms with Crippen LogP contribution in [0.1, 0.15) is 24.0 Å². The molecule has 1 N–H and O–H groups in total. The predicted octanol–water partition coefficient (Wildman–Crippen LogP) is 2.92. The van der Waals surface area contributed by atoms with Crippen molar-refractivity contribution < 1.29 is 19.1 Å². The first kappa shape index (κ1) is 18.7. The van der Waals surface area contributed by atoms with Crippen LogP contribution in [0.15, 0.2) is 18.2 Å². The zero-order chi connectivity index (χ0) is 19.1. The number of carbonyl (C=O) groups is 2. The van der Waals surface area contributed by atoms with Gasteiger partial charge in [0.05, 0.1) is 22.3 Å². The highest BCUT2D eigenvalue weighted by atomic mass is 28.3. The highest BCUT2D eigenvalue weighted by Gasteiger charge is 2.49. The lowest BCUT2D eigenvalue weighted by atomic mass is 9.74. The molecule has 0 radical (unpaired) electrons. The summed E-state index contributed by atoms with van der Waals surface area (Å²) in [5.74, 6) is -1.02. The van der Waals surface area contributed by atoms with E-state index < -0.39 is 25.4 Å². The lowest BCUT2D eigenvalue weighted by Crippen LogP contribution is -2.44. The fourth-order valence-electron chi connectivity index (χ4n) is 4.24. The van der Waals surface area contributed by atoms with Crippen molar-refractivity contribution in [3.8, 4) is 0 Å². The number of methoxy groups -OCH3 is 2. The number of esters is 2. The summed E-state index contributed by atoms with van der Waals surface area (Å²) in [5, 5.41) is 2.53. The Morgan fingerprint density at radius 2 is 1.77 bits per heavy atom. The molecular formula is C20H27NO4Si. The highest BCUT2D eigenvalue weighted by Crippen LogP contribution is 2.38.